The SMILES string of the molecule is CCCCCCCCCCCCOC(=O)C(C(OCCCCCCCCCCCC)(OCCCCCCCCCCCC)C(=O)OCCCCCCCCCCCC)P(=O)(O)O. The Bertz CT molecular complexity index is 992. The summed E-state index contributed by atoms with van der Waals surface area (Å²) in [4.78, 5) is 49.9. The van der Waals surface area contributed by atoms with Crippen LogP contribution in [0.5, 0.6) is 0 Å². The van der Waals surface area contributed by atoms with Gasteiger partial charge in [-0.1, -0.05) is 259 Å². The molecule has 0 aliphatic rings. The van der Waals surface area contributed by atoms with Crippen molar-refractivity contribution in [2.75, 3.05) is 26.4 Å². The van der Waals surface area contributed by atoms with Crippen molar-refractivity contribution in [2.45, 2.75) is 296 Å². The maximum absolute atomic E-state index is 14.3. The maximum Gasteiger partial charge on any atom is 0.368 e. The zero-order valence-electron chi connectivity index (χ0n) is 41.4. The molecule has 0 saturated carbocycles. The lowest BCUT2D eigenvalue weighted by Crippen LogP contribution is -2.58. The molecule has 9 nitrogen and oxygen atoms in total. The van der Waals surface area contributed by atoms with Crippen LogP contribution >= 0.6 is 7.60 Å². The first kappa shape index (κ1) is 61.0. The molecule has 0 aliphatic heterocycles. The van der Waals surface area contributed by atoms with Gasteiger partial charge in [0.15, 0.2) is 0 Å². The lowest BCUT2D eigenvalue weighted by molar-refractivity contribution is -0.252. The first-order valence-electron chi connectivity index (χ1n) is 26.9. The Morgan fingerprint density at radius 1 is 0.371 bits per heavy atom. The van der Waals surface area contributed by atoms with E-state index in [1.165, 1.54) is 154 Å². The molecule has 10 heteroatoms. The average Bonchev–Trinajstić information content (AvgIpc) is 3.25. The topological polar surface area (TPSA) is 129 Å². The molecule has 370 valence electrons. The highest BCUT2D eigenvalue weighted by Gasteiger charge is 2.62. The van der Waals surface area contributed by atoms with Crippen LogP contribution in [0.25, 0.3) is 0 Å². The Kier molecular flexibility index (Phi) is 44.5. The molecule has 1 atom stereocenters. The summed E-state index contributed by atoms with van der Waals surface area (Å²) in [5.41, 5.74) is -2.29. The van der Waals surface area contributed by atoms with Crippen molar-refractivity contribution in [2.24, 2.45) is 0 Å². The van der Waals surface area contributed by atoms with Crippen LogP contribution in [0.1, 0.15) is 285 Å². The minimum absolute atomic E-state index is 0.00408. The van der Waals surface area contributed by atoms with Crippen molar-refractivity contribution >= 4 is 19.5 Å². The van der Waals surface area contributed by atoms with E-state index in [-0.39, 0.29) is 26.4 Å². The fraction of sp³-hybridized carbons (Fsp3) is 0.962. The highest BCUT2D eigenvalue weighted by Crippen LogP contribution is 2.49. The lowest BCUT2D eigenvalue weighted by atomic mass is 10.1. The normalized spacial score (nSPS) is 12.5. The molecule has 0 aromatic rings. The summed E-state index contributed by atoms with van der Waals surface area (Å²) in [6.07, 6.45) is 44.1. The second-order valence-corrected chi connectivity index (χ2v) is 20.1. The summed E-state index contributed by atoms with van der Waals surface area (Å²) in [6.45, 7) is 8.97. The molecule has 0 saturated heterocycles. The van der Waals surface area contributed by atoms with Crippen LogP contribution in [0.2, 0.25) is 0 Å². The predicted octanol–water partition coefficient (Wildman–Crippen LogP) is 16.0. The smallest absolute Gasteiger partial charge is 0.368 e. The first-order chi connectivity index (χ1) is 30.2. The largest absolute Gasteiger partial charge is 0.465 e. The number of esters is 2. The number of rotatable bonds is 50. The van der Waals surface area contributed by atoms with Gasteiger partial charge >= 0.3 is 19.5 Å². The Morgan fingerprint density at radius 3 is 0.855 bits per heavy atom. The number of hydrogen-bond donors (Lipinski definition) is 2. The van der Waals surface area contributed by atoms with E-state index in [1.54, 1.807) is 0 Å². The summed E-state index contributed by atoms with van der Waals surface area (Å²) in [5.74, 6) is -4.82. The van der Waals surface area contributed by atoms with Crippen LogP contribution in [0, 0.1) is 0 Å². The van der Waals surface area contributed by atoms with Gasteiger partial charge in [0, 0.05) is 0 Å². The van der Waals surface area contributed by atoms with E-state index < -0.39 is 31.0 Å². The fourth-order valence-corrected chi connectivity index (χ4v) is 9.31. The minimum Gasteiger partial charge on any atom is -0.465 e. The van der Waals surface area contributed by atoms with Crippen LogP contribution in [0.15, 0.2) is 0 Å². The highest BCUT2D eigenvalue weighted by atomic mass is 31.2. The molecule has 0 rings (SSSR count). The second-order valence-electron chi connectivity index (χ2n) is 18.4. The molecule has 0 heterocycles. The number of hydrogen-bond acceptors (Lipinski definition) is 7. The Labute approximate surface area is 383 Å². The molecule has 2 N–H and O–H groups in total. The van der Waals surface area contributed by atoms with E-state index in [1.807, 2.05) is 0 Å². The van der Waals surface area contributed by atoms with E-state index in [0.717, 1.165) is 77.0 Å². The first-order valence-corrected chi connectivity index (χ1v) is 28.6. The molecule has 0 aliphatic carbocycles. The fourth-order valence-electron chi connectivity index (χ4n) is 8.27. The number of ether oxygens (including phenoxy) is 4. The Balaban J connectivity index is 5.81. The van der Waals surface area contributed by atoms with Crippen molar-refractivity contribution in [1.29, 1.82) is 0 Å². The molecule has 0 aromatic heterocycles. The average molecular weight is 903 g/mol. The summed E-state index contributed by atoms with van der Waals surface area (Å²) >= 11 is 0. The number of carbonyl (C=O) groups is 2. The standard InChI is InChI=1S/C52H103O9P/c1-5-9-13-17-21-25-29-33-37-41-45-58-50(53)49(62(55,56)57)52(60-47-43-39-35-31-27-23-19-15-11-7-3,61-48-44-40-36-32-28-24-20-16-12-8-4)51(54)59-46-42-38-34-30-26-22-18-14-10-6-2/h49H,5-48H2,1-4H3,(H2,55,56,57). The number of unbranched alkanes of at least 4 members (excludes halogenated alkanes) is 36. The van der Waals surface area contributed by atoms with Gasteiger partial charge in [-0.15, -0.1) is 0 Å². The van der Waals surface area contributed by atoms with E-state index in [2.05, 4.69) is 27.7 Å². The summed E-state index contributed by atoms with van der Waals surface area (Å²) in [6, 6.07) is 0. The Hall–Kier alpha value is -0.990. The van der Waals surface area contributed by atoms with Gasteiger partial charge in [0.1, 0.15) is 0 Å². The zero-order chi connectivity index (χ0) is 45.7. The molecule has 0 spiro atoms. The van der Waals surface area contributed by atoms with Crippen molar-refractivity contribution in [3.8, 4) is 0 Å². The van der Waals surface area contributed by atoms with Gasteiger partial charge in [-0.2, -0.15) is 0 Å². The molecule has 0 aromatic carbocycles. The molecule has 0 bridgehead atoms. The summed E-state index contributed by atoms with van der Waals surface area (Å²) in [7, 11) is -5.35. The molecule has 0 amide bonds. The van der Waals surface area contributed by atoms with E-state index in [9.17, 15) is 23.9 Å². The second kappa shape index (κ2) is 45.2. The maximum atomic E-state index is 14.3. The minimum atomic E-state index is -5.35. The van der Waals surface area contributed by atoms with Crippen molar-refractivity contribution in [3.63, 3.8) is 0 Å². The quantitative estimate of drug-likeness (QED) is 0.0265. The summed E-state index contributed by atoms with van der Waals surface area (Å²) < 4.78 is 37.2. The molecular weight excluding hydrogens is 800 g/mol. The van der Waals surface area contributed by atoms with Gasteiger partial charge in [-0.3, -0.25) is 9.36 Å². The Morgan fingerprint density at radius 2 is 0.597 bits per heavy atom. The van der Waals surface area contributed by atoms with Crippen LogP contribution in [-0.4, -0.2) is 59.6 Å². The zero-order valence-corrected chi connectivity index (χ0v) is 42.3. The highest BCUT2D eigenvalue weighted by molar-refractivity contribution is 7.53. The molecule has 0 fully saturated rings. The van der Waals surface area contributed by atoms with Gasteiger partial charge in [0.25, 0.3) is 5.79 Å². The molecule has 0 radical (unpaired) electrons. The molecule has 1 unspecified atom stereocenters. The summed E-state index contributed by atoms with van der Waals surface area (Å²) in [5, 5.41) is 0. The van der Waals surface area contributed by atoms with Gasteiger partial charge < -0.3 is 28.7 Å². The molecule has 62 heavy (non-hydrogen) atoms. The lowest BCUT2D eigenvalue weighted by Gasteiger charge is -2.36. The van der Waals surface area contributed by atoms with Gasteiger partial charge in [-0.25, -0.2) is 4.79 Å². The van der Waals surface area contributed by atoms with Crippen LogP contribution in [-0.2, 0) is 33.1 Å². The third-order valence-electron chi connectivity index (χ3n) is 12.3. The van der Waals surface area contributed by atoms with Crippen LogP contribution < -0.4 is 0 Å². The van der Waals surface area contributed by atoms with E-state index >= 15 is 0 Å². The van der Waals surface area contributed by atoms with Crippen molar-refractivity contribution < 1.29 is 42.9 Å². The third kappa shape index (κ3) is 35.3. The van der Waals surface area contributed by atoms with Gasteiger partial charge in [-0.05, 0) is 25.7 Å². The monoisotopic (exact) mass is 903 g/mol. The molecular formula is C52H103O9P. The van der Waals surface area contributed by atoms with E-state index in [4.69, 9.17) is 18.9 Å². The number of carbonyl (C=O) groups excluding carboxylic acids is 2. The van der Waals surface area contributed by atoms with Crippen molar-refractivity contribution in [1.82, 2.24) is 0 Å². The van der Waals surface area contributed by atoms with Crippen molar-refractivity contribution in [3.05, 3.63) is 0 Å². The predicted molar refractivity (Wildman–Crippen MR) is 260 cm³/mol. The van der Waals surface area contributed by atoms with Gasteiger partial charge in [0.2, 0.25) is 5.66 Å². The van der Waals surface area contributed by atoms with Crippen LogP contribution in [0.3, 0.4) is 0 Å². The van der Waals surface area contributed by atoms with Gasteiger partial charge in [0.05, 0.1) is 26.4 Å². The third-order valence-corrected chi connectivity index (χ3v) is 13.5. The van der Waals surface area contributed by atoms with E-state index in [0.29, 0.717) is 25.7 Å². The van der Waals surface area contributed by atoms with Crippen LogP contribution in [0.4, 0.5) is 0 Å².